The Kier molecular flexibility index (Phi) is 4.55. The SMILES string of the molecule is Cc1cc(CNC(=O)Nc2ccccc2CC(=O)O)no1. The van der Waals surface area contributed by atoms with Crippen LogP contribution in [0.25, 0.3) is 0 Å². The van der Waals surface area contributed by atoms with Crippen LogP contribution in [0.1, 0.15) is 17.0 Å². The fraction of sp³-hybridized carbons (Fsp3) is 0.214. The zero-order chi connectivity index (χ0) is 15.2. The minimum absolute atomic E-state index is 0.154. The second-order valence-corrected chi connectivity index (χ2v) is 4.46. The molecule has 2 aromatic rings. The van der Waals surface area contributed by atoms with Crippen LogP contribution < -0.4 is 10.6 Å². The van der Waals surface area contributed by atoms with Crippen molar-refractivity contribution in [2.24, 2.45) is 0 Å². The first-order valence-corrected chi connectivity index (χ1v) is 6.31. The average Bonchev–Trinajstić information content (AvgIpc) is 2.84. The summed E-state index contributed by atoms with van der Waals surface area (Å²) in [6.45, 7) is 1.99. The first-order valence-electron chi connectivity index (χ1n) is 6.31. The largest absolute Gasteiger partial charge is 0.481 e. The van der Waals surface area contributed by atoms with Gasteiger partial charge < -0.3 is 20.3 Å². The molecule has 21 heavy (non-hydrogen) atoms. The number of carbonyl (C=O) groups is 2. The summed E-state index contributed by atoms with van der Waals surface area (Å²) in [5.41, 5.74) is 1.62. The highest BCUT2D eigenvalue weighted by atomic mass is 16.5. The Morgan fingerprint density at radius 2 is 2.10 bits per heavy atom. The number of hydrogen-bond acceptors (Lipinski definition) is 4. The molecule has 0 radical (unpaired) electrons. The molecule has 2 amide bonds. The molecule has 1 heterocycles. The second-order valence-electron chi connectivity index (χ2n) is 4.46. The van der Waals surface area contributed by atoms with E-state index in [0.29, 0.717) is 22.7 Å². The molecule has 3 N–H and O–H groups in total. The van der Waals surface area contributed by atoms with Gasteiger partial charge in [-0.05, 0) is 18.6 Å². The first-order chi connectivity index (χ1) is 10.0. The van der Waals surface area contributed by atoms with Gasteiger partial charge in [-0.3, -0.25) is 4.79 Å². The number of nitrogens with one attached hydrogen (secondary N) is 2. The number of para-hydroxylation sites is 1. The molecule has 0 atom stereocenters. The highest BCUT2D eigenvalue weighted by Gasteiger charge is 2.09. The van der Waals surface area contributed by atoms with E-state index in [4.69, 9.17) is 9.63 Å². The Morgan fingerprint density at radius 3 is 2.76 bits per heavy atom. The van der Waals surface area contributed by atoms with Gasteiger partial charge in [0.05, 0.1) is 13.0 Å². The van der Waals surface area contributed by atoms with E-state index in [1.54, 1.807) is 37.3 Å². The van der Waals surface area contributed by atoms with Gasteiger partial charge in [-0.2, -0.15) is 0 Å². The molecule has 0 spiro atoms. The molecule has 0 aliphatic rings. The van der Waals surface area contributed by atoms with E-state index >= 15 is 0 Å². The number of hydrogen-bond donors (Lipinski definition) is 3. The highest BCUT2D eigenvalue weighted by Crippen LogP contribution is 2.15. The van der Waals surface area contributed by atoms with Crippen molar-refractivity contribution in [3.63, 3.8) is 0 Å². The van der Waals surface area contributed by atoms with Gasteiger partial charge in [-0.15, -0.1) is 0 Å². The van der Waals surface area contributed by atoms with E-state index in [0.717, 1.165) is 0 Å². The number of amides is 2. The number of aliphatic carboxylic acids is 1. The summed E-state index contributed by atoms with van der Waals surface area (Å²) in [4.78, 5) is 22.6. The number of anilines is 1. The number of nitrogens with zero attached hydrogens (tertiary/aromatic N) is 1. The molecule has 110 valence electrons. The smallest absolute Gasteiger partial charge is 0.319 e. The number of carboxylic acid groups (broad SMARTS) is 1. The van der Waals surface area contributed by atoms with Gasteiger partial charge in [0.1, 0.15) is 11.5 Å². The number of benzene rings is 1. The third-order valence-electron chi connectivity index (χ3n) is 2.71. The molecule has 0 unspecified atom stereocenters. The molecule has 0 aliphatic carbocycles. The summed E-state index contributed by atoms with van der Waals surface area (Å²) in [6.07, 6.45) is -0.154. The van der Waals surface area contributed by atoms with Crippen LogP contribution in [0.15, 0.2) is 34.9 Å². The average molecular weight is 289 g/mol. The number of aryl methyl sites for hydroxylation is 1. The number of carboxylic acids is 1. The lowest BCUT2D eigenvalue weighted by molar-refractivity contribution is -0.136. The van der Waals surface area contributed by atoms with Crippen LogP contribution in [0.4, 0.5) is 10.5 Å². The summed E-state index contributed by atoms with van der Waals surface area (Å²) >= 11 is 0. The Balaban J connectivity index is 1.94. The normalized spacial score (nSPS) is 10.1. The van der Waals surface area contributed by atoms with E-state index in [9.17, 15) is 9.59 Å². The van der Waals surface area contributed by atoms with Crippen molar-refractivity contribution in [1.29, 1.82) is 0 Å². The van der Waals surface area contributed by atoms with Crippen LogP contribution in [-0.2, 0) is 17.8 Å². The highest BCUT2D eigenvalue weighted by molar-refractivity contribution is 5.90. The van der Waals surface area contributed by atoms with Crippen molar-refractivity contribution in [3.8, 4) is 0 Å². The van der Waals surface area contributed by atoms with E-state index < -0.39 is 12.0 Å². The molecule has 0 saturated carbocycles. The maximum Gasteiger partial charge on any atom is 0.319 e. The molecule has 7 heteroatoms. The quantitative estimate of drug-likeness (QED) is 0.780. The van der Waals surface area contributed by atoms with E-state index in [1.807, 2.05) is 0 Å². The van der Waals surface area contributed by atoms with Crippen molar-refractivity contribution < 1.29 is 19.2 Å². The van der Waals surface area contributed by atoms with Gasteiger partial charge in [-0.25, -0.2) is 4.79 Å². The maximum atomic E-state index is 11.8. The molecule has 2 rings (SSSR count). The van der Waals surface area contributed by atoms with Gasteiger partial charge in [-0.1, -0.05) is 23.4 Å². The lowest BCUT2D eigenvalue weighted by atomic mass is 10.1. The molecule has 0 aliphatic heterocycles. The summed E-state index contributed by atoms with van der Waals surface area (Å²) in [6, 6.07) is 8.04. The third kappa shape index (κ3) is 4.34. The van der Waals surface area contributed by atoms with E-state index in [2.05, 4.69) is 15.8 Å². The number of rotatable bonds is 5. The number of urea groups is 1. The Hall–Kier alpha value is -2.83. The van der Waals surface area contributed by atoms with Crippen LogP contribution in [0, 0.1) is 6.92 Å². The summed E-state index contributed by atoms with van der Waals surface area (Å²) in [5, 5.41) is 17.8. The fourth-order valence-electron chi connectivity index (χ4n) is 1.80. The Labute approximate surface area is 120 Å². The monoisotopic (exact) mass is 289 g/mol. The second kappa shape index (κ2) is 6.56. The minimum atomic E-state index is -0.956. The zero-order valence-corrected chi connectivity index (χ0v) is 11.4. The van der Waals surface area contributed by atoms with Crippen LogP contribution in [0.5, 0.6) is 0 Å². The fourth-order valence-corrected chi connectivity index (χ4v) is 1.80. The molecule has 7 nitrogen and oxygen atoms in total. The maximum absolute atomic E-state index is 11.8. The van der Waals surface area contributed by atoms with Gasteiger partial charge in [0, 0.05) is 11.8 Å². The van der Waals surface area contributed by atoms with Crippen LogP contribution in [-0.4, -0.2) is 22.3 Å². The summed E-state index contributed by atoms with van der Waals surface area (Å²) in [7, 11) is 0. The molecular weight excluding hydrogens is 274 g/mol. The zero-order valence-electron chi connectivity index (χ0n) is 11.4. The summed E-state index contributed by atoms with van der Waals surface area (Å²) < 4.78 is 4.89. The predicted molar refractivity (Wildman–Crippen MR) is 74.9 cm³/mol. The van der Waals surface area contributed by atoms with Crippen LogP contribution >= 0.6 is 0 Å². The lowest BCUT2D eigenvalue weighted by Crippen LogP contribution is -2.28. The molecular formula is C14H15N3O4. The van der Waals surface area contributed by atoms with Crippen molar-refractivity contribution in [1.82, 2.24) is 10.5 Å². The van der Waals surface area contributed by atoms with E-state index in [-0.39, 0.29) is 13.0 Å². The Morgan fingerprint density at radius 1 is 1.33 bits per heavy atom. The van der Waals surface area contributed by atoms with Gasteiger partial charge in [0.25, 0.3) is 0 Å². The van der Waals surface area contributed by atoms with Gasteiger partial charge >= 0.3 is 12.0 Å². The molecule has 0 bridgehead atoms. The number of aromatic nitrogens is 1. The Bertz CT molecular complexity index is 651. The van der Waals surface area contributed by atoms with Crippen LogP contribution in [0.3, 0.4) is 0 Å². The lowest BCUT2D eigenvalue weighted by Gasteiger charge is -2.10. The minimum Gasteiger partial charge on any atom is -0.481 e. The third-order valence-corrected chi connectivity index (χ3v) is 2.71. The van der Waals surface area contributed by atoms with Crippen LogP contribution in [0.2, 0.25) is 0 Å². The van der Waals surface area contributed by atoms with E-state index in [1.165, 1.54) is 0 Å². The molecule has 0 saturated heterocycles. The van der Waals surface area contributed by atoms with Gasteiger partial charge in [0.15, 0.2) is 0 Å². The predicted octanol–water partition coefficient (Wildman–Crippen LogP) is 1.93. The topological polar surface area (TPSA) is 104 Å². The molecule has 1 aromatic carbocycles. The van der Waals surface area contributed by atoms with Gasteiger partial charge in [0.2, 0.25) is 0 Å². The standard InChI is InChI=1S/C14H15N3O4/c1-9-6-11(17-21-9)8-15-14(20)16-12-5-3-2-4-10(12)7-13(18)19/h2-6H,7-8H2,1H3,(H,18,19)(H2,15,16,20). The summed E-state index contributed by atoms with van der Waals surface area (Å²) in [5.74, 6) is -0.290. The van der Waals surface area contributed by atoms with Crippen molar-refractivity contribution in [2.45, 2.75) is 19.9 Å². The van der Waals surface area contributed by atoms with Crippen molar-refractivity contribution >= 4 is 17.7 Å². The van der Waals surface area contributed by atoms with Crippen molar-refractivity contribution in [3.05, 3.63) is 47.3 Å². The van der Waals surface area contributed by atoms with Crippen molar-refractivity contribution in [2.75, 3.05) is 5.32 Å². The molecule has 1 aromatic heterocycles. The first kappa shape index (κ1) is 14.6. The molecule has 0 fully saturated rings. The number of carbonyl (C=O) groups excluding carboxylic acids is 1.